The fourth-order valence-corrected chi connectivity index (χ4v) is 2.67. The molecule has 0 aliphatic heterocycles. The van der Waals surface area contributed by atoms with Gasteiger partial charge >= 0.3 is 0 Å². The van der Waals surface area contributed by atoms with Crippen LogP contribution >= 0.6 is 23.2 Å². The molecule has 5 heteroatoms. The molecule has 2 nitrogen and oxygen atoms in total. The average Bonchev–Trinajstić information content (AvgIpc) is 2.42. The second-order valence-electron chi connectivity index (χ2n) is 4.86. The van der Waals surface area contributed by atoms with Gasteiger partial charge in [0.15, 0.2) is 0 Å². The highest BCUT2D eigenvalue weighted by molar-refractivity contribution is 6.31. The van der Waals surface area contributed by atoms with Crippen LogP contribution in [0.2, 0.25) is 10.0 Å². The maximum atomic E-state index is 13.0. The van der Waals surface area contributed by atoms with Crippen LogP contribution in [0.5, 0.6) is 5.75 Å². The third kappa shape index (κ3) is 4.34. The topological polar surface area (TPSA) is 35.2 Å². The molecule has 112 valence electrons. The zero-order valence-corrected chi connectivity index (χ0v) is 13.1. The molecule has 0 aromatic heterocycles. The van der Waals surface area contributed by atoms with E-state index in [-0.39, 0.29) is 11.9 Å². The summed E-state index contributed by atoms with van der Waals surface area (Å²) in [6.07, 6.45) is 1.15. The molecule has 0 aliphatic carbocycles. The SMILES string of the molecule is COc1ccc(Cl)cc1CC(N)Cc1ccc(F)cc1Cl. The molecule has 21 heavy (non-hydrogen) atoms. The van der Waals surface area contributed by atoms with Crippen LogP contribution in [0.4, 0.5) is 4.39 Å². The van der Waals surface area contributed by atoms with Gasteiger partial charge in [-0.3, -0.25) is 0 Å². The van der Waals surface area contributed by atoms with Crippen LogP contribution in [0.1, 0.15) is 11.1 Å². The smallest absolute Gasteiger partial charge is 0.124 e. The van der Waals surface area contributed by atoms with E-state index in [1.807, 2.05) is 12.1 Å². The number of halogens is 3. The van der Waals surface area contributed by atoms with Crippen LogP contribution in [0.25, 0.3) is 0 Å². The highest BCUT2D eigenvalue weighted by Crippen LogP contribution is 2.25. The Balaban J connectivity index is 2.11. The summed E-state index contributed by atoms with van der Waals surface area (Å²) < 4.78 is 18.3. The molecule has 0 bridgehead atoms. The number of benzene rings is 2. The van der Waals surface area contributed by atoms with E-state index in [0.717, 1.165) is 16.9 Å². The molecular weight excluding hydrogens is 312 g/mol. The third-order valence-electron chi connectivity index (χ3n) is 3.22. The summed E-state index contributed by atoms with van der Waals surface area (Å²) in [6.45, 7) is 0. The zero-order chi connectivity index (χ0) is 15.4. The minimum Gasteiger partial charge on any atom is -0.496 e. The molecule has 0 amide bonds. The van der Waals surface area contributed by atoms with Crippen molar-refractivity contribution in [2.45, 2.75) is 18.9 Å². The van der Waals surface area contributed by atoms with Crippen molar-refractivity contribution in [1.29, 1.82) is 0 Å². The highest BCUT2D eigenvalue weighted by Gasteiger charge is 2.12. The second kappa shape index (κ2) is 7.12. The summed E-state index contributed by atoms with van der Waals surface area (Å²) in [4.78, 5) is 0. The summed E-state index contributed by atoms with van der Waals surface area (Å²) in [6, 6.07) is 9.60. The lowest BCUT2D eigenvalue weighted by Gasteiger charge is -2.15. The van der Waals surface area contributed by atoms with Gasteiger partial charge in [-0.1, -0.05) is 29.3 Å². The first kappa shape index (κ1) is 16.1. The van der Waals surface area contributed by atoms with Crippen LogP contribution in [0.3, 0.4) is 0 Å². The average molecular weight is 328 g/mol. The predicted molar refractivity (Wildman–Crippen MR) is 84.8 cm³/mol. The van der Waals surface area contributed by atoms with Crippen LogP contribution < -0.4 is 10.5 Å². The van der Waals surface area contributed by atoms with E-state index in [1.54, 1.807) is 19.2 Å². The van der Waals surface area contributed by atoms with Crippen molar-refractivity contribution in [2.24, 2.45) is 5.73 Å². The fraction of sp³-hybridized carbons (Fsp3) is 0.250. The molecule has 0 aliphatic rings. The van der Waals surface area contributed by atoms with Gasteiger partial charge in [0.05, 0.1) is 7.11 Å². The van der Waals surface area contributed by atoms with Gasteiger partial charge in [-0.2, -0.15) is 0 Å². The minimum absolute atomic E-state index is 0.166. The van der Waals surface area contributed by atoms with Crippen LogP contribution in [0.15, 0.2) is 36.4 Å². The summed E-state index contributed by atoms with van der Waals surface area (Å²) in [5, 5.41) is 1.03. The van der Waals surface area contributed by atoms with Gasteiger partial charge in [0.1, 0.15) is 11.6 Å². The van der Waals surface area contributed by atoms with E-state index in [0.29, 0.717) is 22.9 Å². The molecule has 0 fully saturated rings. The molecule has 0 saturated heterocycles. The van der Waals surface area contributed by atoms with Crippen molar-refractivity contribution in [3.63, 3.8) is 0 Å². The molecular formula is C16H16Cl2FNO. The van der Waals surface area contributed by atoms with Crippen molar-refractivity contribution < 1.29 is 9.13 Å². The lowest BCUT2D eigenvalue weighted by Crippen LogP contribution is -2.26. The quantitative estimate of drug-likeness (QED) is 0.890. The predicted octanol–water partition coefficient (Wildman–Crippen LogP) is 4.25. The van der Waals surface area contributed by atoms with Crippen molar-refractivity contribution >= 4 is 23.2 Å². The van der Waals surface area contributed by atoms with Gasteiger partial charge in [-0.25, -0.2) is 4.39 Å². The molecule has 2 rings (SSSR count). The Kier molecular flexibility index (Phi) is 5.45. The van der Waals surface area contributed by atoms with Gasteiger partial charge in [-0.15, -0.1) is 0 Å². The van der Waals surface area contributed by atoms with Crippen LogP contribution in [-0.4, -0.2) is 13.2 Å². The zero-order valence-electron chi connectivity index (χ0n) is 11.6. The molecule has 0 radical (unpaired) electrons. The van der Waals surface area contributed by atoms with Crippen LogP contribution in [-0.2, 0) is 12.8 Å². The summed E-state index contributed by atoms with van der Waals surface area (Å²) in [5.74, 6) is 0.397. The minimum atomic E-state index is -0.353. The molecule has 2 aromatic rings. The first-order valence-electron chi connectivity index (χ1n) is 6.51. The largest absolute Gasteiger partial charge is 0.496 e. The first-order chi connectivity index (χ1) is 9.99. The van der Waals surface area contributed by atoms with E-state index in [4.69, 9.17) is 33.7 Å². The Morgan fingerprint density at radius 3 is 2.48 bits per heavy atom. The molecule has 0 heterocycles. The van der Waals surface area contributed by atoms with Crippen molar-refractivity contribution in [3.05, 3.63) is 63.4 Å². The van der Waals surface area contributed by atoms with Gasteiger partial charge < -0.3 is 10.5 Å². The summed E-state index contributed by atoms with van der Waals surface area (Å²) in [7, 11) is 1.61. The van der Waals surface area contributed by atoms with Crippen molar-refractivity contribution in [1.82, 2.24) is 0 Å². The lowest BCUT2D eigenvalue weighted by atomic mass is 9.99. The number of rotatable bonds is 5. The Morgan fingerprint density at radius 2 is 1.81 bits per heavy atom. The van der Waals surface area contributed by atoms with Crippen LogP contribution in [0, 0.1) is 5.82 Å². The number of hydrogen-bond acceptors (Lipinski definition) is 2. The van der Waals surface area contributed by atoms with Gasteiger partial charge in [-0.05, 0) is 54.3 Å². The molecule has 2 N–H and O–H groups in total. The molecule has 2 aromatic carbocycles. The number of nitrogens with two attached hydrogens (primary N) is 1. The second-order valence-corrected chi connectivity index (χ2v) is 5.70. The molecule has 1 unspecified atom stereocenters. The Hall–Kier alpha value is -1.29. The summed E-state index contributed by atoms with van der Waals surface area (Å²) in [5.41, 5.74) is 7.93. The normalized spacial score (nSPS) is 12.2. The van der Waals surface area contributed by atoms with E-state index in [2.05, 4.69) is 0 Å². The fourth-order valence-electron chi connectivity index (χ4n) is 2.23. The Labute approximate surface area is 133 Å². The third-order valence-corrected chi connectivity index (χ3v) is 3.81. The van der Waals surface area contributed by atoms with E-state index >= 15 is 0 Å². The Bertz CT molecular complexity index is 634. The van der Waals surface area contributed by atoms with E-state index in [9.17, 15) is 4.39 Å². The maximum Gasteiger partial charge on any atom is 0.124 e. The lowest BCUT2D eigenvalue weighted by molar-refractivity contribution is 0.408. The monoisotopic (exact) mass is 327 g/mol. The number of hydrogen-bond donors (Lipinski definition) is 1. The molecule has 0 spiro atoms. The number of methoxy groups -OCH3 is 1. The standard InChI is InChI=1S/C16H16Cl2FNO/c1-21-16-5-3-12(17)6-11(16)8-14(20)7-10-2-4-13(19)9-15(10)18/h2-6,9,14H,7-8,20H2,1H3. The summed E-state index contributed by atoms with van der Waals surface area (Å²) >= 11 is 12.0. The number of ether oxygens (including phenoxy) is 1. The van der Waals surface area contributed by atoms with E-state index in [1.165, 1.54) is 12.1 Å². The maximum absolute atomic E-state index is 13.0. The Morgan fingerprint density at radius 1 is 1.10 bits per heavy atom. The van der Waals surface area contributed by atoms with Gasteiger partial charge in [0.25, 0.3) is 0 Å². The van der Waals surface area contributed by atoms with E-state index < -0.39 is 0 Å². The molecule has 1 atom stereocenters. The van der Waals surface area contributed by atoms with Crippen molar-refractivity contribution in [3.8, 4) is 5.75 Å². The molecule has 0 saturated carbocycles. The highest BCUT2D eigenvalue weighted by atomic mass is 35.5. The van der Waals surface area contributed by atoms with Crippen molar-refractivity contribution in [2.75, 3.05) is 7.11 Å². The van der Waals surface area contributed by atoms with Gasteiger partial charge in [0.2, 0.25) is 0 Å². The van der Waals surface area contributed by atoms with Gasteiger partial charge in [0, 0.05) is 16.1 Å². The first-order valence-corrected chi connectivity index (χ1v) is 7.27.